The molecule has 2 aromatic rings. The molecule has 130 valence electrons. The molecule has 2 heterocycles. The lowest BCUT2D eigenvalue weighted by molar-refractivity contribution is -0.133. The molecule has 0 radical (unpaired) electrons. The largest absolute Gasteiger partial charge is 0.341 e. The minimum atomic E-state index is -3.44. The van der Waals surface area contributed by atoms with Gasteiger partial charge in [-0.3, -0.25) is 4.79 Å². The van der Waals surface area contributed by atoms with Crippen molar-refractivity contribution in [3.63, 3.8) is 0 Å². The molecule has 0 bridgehead atoms. The number of hydrogen-bond donors (Lipinski definition) is 1. The number of rotatable bonds is 4. The minimum absolute atomic E-state index is 0.0103. The molecule has 0 spiro atoms. The summed E-state index contributed by atoms with van der Waals surface area (Å²) < 4.78 is 24.4. The van der Waals surface area contributed by atoms with E-state index in [1.165, 1.54) is 0 Å². The second-order valence-electron chi connectivity index (χ2n) is 6.58. The first kappa shape index (κ1) is 17.0. The van der Waals surface area contributed by atoms with Crippen molar-refractivity contribution in [3.8, 4) is 0 Å². The molecule has 0 aliphatic carbocycles. The lowest BCUT2D eigenvalue weighted by atomic mass is 9.99. The predicted octanol–water partition coefficient (Wildman–Crippen LogP) is 1.48. The summed E-state index contributed by atoms with van der Waals surface area (Å²) in [5.74, 6) is 0.142. The quantitative estimate of drug-likeness (QED) is 0.907. The van der Waals surface area contributed by atoms with E-state index in [1.54, 1.807) is 0 Å². The van der Waals surface area contributed by atoms with Gasteiger partial charge < -0.3 is 9.47 Å². The second kappa shape index (κ2) is 6.57. The fourth-order valence-corrected chi connectivity index (χ4v) is 4.46. The number of aryl methyl sites for hydroxylation is 1. The van der Waals surface area contributed by atoms with Crippen molar-refractivity contribution in [1.82, 2.24) is 9.47 Å². The van der Waals surface area contributed by atoms with Crippen LogP contribution in [0.2, 0.25) is 0 Å². The Morgan fingerprint density at radius 1 is 1.25 bits per heavy atom. The molecular formula is C17H23N3O3S. The maximum absolute atomic E-state index is 12.6. The molecule has 1 fully saturated rings. The van der Waals surface area contributed by atoms with Crippen LogP contribution in [0.4, 0.5) is 0 Å². The first-order chi connectivity index (χ1) is 11.3. The van der Waals surface area contributed by atoms with Crippen LogP contribution in [0.1, 0.15) is 18.5 Å². The molecule has 3 rings (SSSR count). The van der Waals surface area contributed by atoms with E-state index >= 15 is 0 Å². The molecule has 0 saturated carbocycles. The molecule has 2 N–H and O–H groups in total. The van der Waals surface area contributed by atoms with Crippen LogP contribution in [0, 0.1) is 12.8 Å². The van der Waals surface area contributed by atoms with Crippen LogP contribution in [0.5, 0.6) is 0 Å². The highest BCUT2D eigenvalue weighted by Crippen LogP contribution is 2.21. The highest BCUT2D eigenvalue weighted by Gasteiger charge is 2.25. The Bertz CT molecular complexity index is 849. The Kier molecular flexibility index (Phi) is 4.64. The molecule has 0 unspecified atom stereocenters. The summed E-state index contributed by atoms with van der Waals surface area (Å²) in [5.41, 5.74) is 2.13. The molecule has 1 aliphatic heterocycles. The Balaban J connectivity index is 1.65. The van der Waals surface area contributed by atoms with Gasteiger partial charge in [0.15, 0.2) is 0 Å². The van der Waals surface area contributed by atoms with E-state index in [1.807, 2.05) is 40.7 Å². The van der Waals surface area contributed by atoms with Crippen molar-refractivity contribution >= 4 is 26.8 Å². The van der Waals surface area contributed by atoms with Crippen molar-refractivity contribution in [1.29, 1.82) is 0 Å². The van der Waals surface area contributed by atoms with Crippen LogP contribution < -0.4 is 5.14 Å². The highest BCUT2D eigenvalue weighted by atomic mass is 32.2. The Morgan fingerprint density at radius 3 is 2.58 bits per heavy atom. The van der Waals surface area contributed by atoms with Crippen LogP contribution in [0.3, 0.4) is 0 Å². The molecule has 24 heavy (non-hydrogen) atoms. The smallest absolute Gasteiger partial charge is 0.242 e. The number of nitrogens with zero attached hydrogens (tertiary/aromatic N) is 2. The molecule has 7 heteroatoms. The minimum Gasteiger partial charge on any atom is -0.341 e. The van der Waals surface area contributed by atoms with Crippen molar-refractivity contribution < 1.29 is 13.2 Å². The summed E-state index contributed by atoms with van der Waals surface area (Å²) in [6.45, 7) is 3.51. The predicted molar refractivity (Wildman–Crippen MR) is 94.0 cm³/mol. The number of sulfonamides is 1. The van der Waals surface area contributed by atoms with Gasteiger partial charge in [-0.15, -0.1) is 0 Å². The summed E-state index contributed by atoms with van der Waals surface area (Å²) >= 11 is 0. The first-order valence-electron chi connectivity index (χ1n) is 8.16. The van der Waals surface area contributed by atoms with Gasteiger partial charge in [0.2, 0.25) is 15.9 Å². The zero-order valence-corrected chi connectivity index (χ0v) is 14.6. The number of primary sulfonamides is 1. The number of amides is 1. The number of carbonyl (C=O) groups excluding carboxylic acids is 1. The second-order valence-corrected chi connectivity index (χ2v) is 8.24. The van der Waals surface area contributed by atoms with Gasteiger partial charge in [-0.1, -0.05) is 18.2 Å². The average molecular weight is 349 g/mol. The Labute approximate surface area is 142 Å². The average Bonchev–Trinajstić information content (AvgIpc) is 2.82. The number of likely N-dealkylation sites (tertiary alicyclic amines) is 1. The summed E-state index contributed by atoms with van der Waals surface area (Å²) in [6, 6.07) is 10.1. The Hall–Kier alpha value is -1.86. The zero-order valence-electron chi connectivity index (χ0n) is 13.8. The molecule has 1 aromatic carbocycles. The zero-order chi connectivity index (χ0) is 17.3. The highest BCUT2D eigenvalue weighted by molar-refractivity contribution is 7.89. The fourth-order valence-electron chi connectivity index (χ4n) is 3.47. The SMILES string of the molecule is Cc1cc2ccccc2n1CC(=O)N1CCC(CS(N)(=O)=O)CC1. The van der Waals surface area contributed by atoms with Gasteiger partial charge in [-0.25, -0.2) is 13.6 Å². The number of hydrogen-bond acceptors (Lipinski definition) is 3. The third kappa shape index (κ3) is 3.79. The number of nitrogens with two attached hydrogens (primary N) is 1. The molecule has 1 aromatic heterocycles. The van der Waals surface area contributed by atoms with Crippen molar-refractivity contribution in [2.45, 2.75) is 26.3 Å². The fraction of sp³-hybridized carbons (Fsp3) is 0.471. The molecule has 0 atom stereocenters. The maximum Gasteiger partial charge on any atom is 0.242 e. The molecule has 1 amide bonds. The summed E-state index contributed by atoms with van der Waals surface area (Å²) in [5, 5.41) is 6.24. The Morgan fingerprint density at radius 2 is 1.92 bits per heavy atom. The lowest BCUT2D eigenvalue weighted by Crippen LogP contribution is -2.42. The van der Waals surface area contributed by atoms with Crippen LogP contribution in [-0.2, 0) is 21.4 Å². The topological polar surface area (TPSA) is 85.4 Å². The number of piperidine rings is 1. The number of fused-ring (bicyclic) bond motifs is 1. The lowest BCUT2D eigenvalue weighted by Gasteiger charge is -2.32. The summed E-state index contributed by atoms with van der Waals surface area (Å²) in [4.78, 5) is 14.4. The normalized spacial score (nSPS) is 16.7. The summed E-state index contributed by atoms with van der Waals surface area (Å²) in [7, 11) is -3.44. The molecule has 1 saturated heterocycles. The van der Waals surface area contributed by atoms with Gasteiger partial charge in [-0.05, 0) is 43.2 Å². The monoisotopic (exact) mass is 349 g/mol. The van der Waals surface area contributed by atoms with Gasteiger partial charge in [0.25, 0.3) is 0 Å². The van der Waals surface area contributed by atoms with Gasteiger partial charge in [0, 0.05) is 24.3 Å². The third-order valence-electron chi connectivity index (χ3n) is 4.75. The number of benzene rings is 1. The molecule has 1 aliphatic rings. The number of aromatic nitrogens is 1. The van der Waals surface area contributed by atoms with Crippen molar-refractivity contribution in [2.24, 2.45) is 11.1 Å². The standard InChI is InChI=1S/C17H23N3O3S/c1-13-10-15-4-2-3-5-16(15)20(13)11-17(21)19-8-6-14(7-9-19)12-24(18,22)23/h2-5,10,14H,6-9,11-12H2,1H3,(H2,18,22,23). The number of para-hydroxylation sites is 1. The first-order valence-corrected chi connectivity index (χ1v) is 9.88. The molecule has 6 nitrogen and oxygen atoms in total. The van der Waals surface area contributed by atoms with Crippen LogP contribution in [-0.4, -0.2) is 42.6 Å². The van der Waals surface area contributed by atoms with E-state index in [4.69, 9.17) is 5.14 Å². The van der Waals surface area contributed by atoms with Crippen LogP contribution in [0.15, 0.2) is 30.3 Å². The van der Waals surface area contributed by atoms with E-state index in [9.17, 15) is 13.2 Å². The van der Waals surface area contributed by atoms with E-state index in [-0.39, 0.29) is 17.6 Å². The van der Waals surface area contributed by atoms with Crippen LogP contribution >= 0.6 is 0 Å². The van der Waals surface area contributed by atoms with Crippen molar-refractivity contribution in [3.05, 3.63) is 36.0 Å². The van der Waals surface area contributed by atoms with E-state index in [0.717, 1.165) is 16.6 Å². The van der Waals surface area contributed by atoms with E-state index in [2.05, 4.69) is 6.07 Å². The summed E-state index contributed by atoms with van der Waals surface area (Å²) in [6.07, 6.45) is 1.38. The van der Waals surface area contributed by atoms with Gasteiger partial charge in [0.1, 0.15) is 6.54 Å². The van der Waals surface area contributed by atoms with Crippen molar-refractivity contribution in [2.75, 3.05) is 18.8 Å². The van der Waals surface area contributed by atoms with Crippen LogP contribution in [0.25, 0.3) is 10.9 Å². The van der Waals surface area contributed by atoms with Gasteiger partial charge >= 0.3 is 0 Å². The third-order valence-corrected chi connectivity index (χ3v) is 5.68. The maximum atomic E-state index is 12.6. The number of carbonyl (C=O) groups is 1. The van der Waals surface area contributed by atoms with E-state index in [0.29, 0.717) is 32.5 Å². The molecular weight excluding hydrogens is 326 g/mol. The van der Waals surface area contributed by atoms with Gasteiger partial charge in [0.05, 0.1) is 5.75 Å². The van der Waals surface area contributed by atoms with Gasteiger partial charge in [-0.2, -0.15) is 0 Å². The van der Waals surface area contributed by atoms with E-state index < -0.39 is 10.0 Å².